The lowest BCUT2D eigenvalue weighted by molar-refractivity contribution is 0.0989. The first-order valence-electron chi connectivity index (χ1n) is 6.95. The summed E-state index contributed by atoms with van der Waals surface area (Å²) >= 11 is 5.92. The second kappa shape index (κ2) is 5.78. The molecule has 0 unspecified atom stereocenters. The van der Waals surface area contributed by atoms with Crippen molar-refractivity contribution in [3.05, 3.63) is 59.4 Å². The number of rotatable bonds is 3. The van der Waals surface area contributed by atoms with E-state index in [0.717, 1.165) is 0 Å². The summed E-state index contributed by atoms with van der Waals surface area (Å²) in [5.41, 5.74) is 1.76. The average molecular weight is 341 g/mol. The fourth-order valence-electron chi connectivity index (χ4n) is 2.13. The maximum atomic E-state index is 12.2. The van der Waals surface area contributed by atoms with Gasteiger partial charge in [-0.25, -0.2) is 4.98 Å². The van der Waals surface area contributed by atoms with E-state index in [0.29, 0.717) is 21.7 Å². The summed E-state index contributed by atoms with van der Waals surface area (Å²) in [6.45, 7) is 0. The van der Waals surface area contributed by atoms with E-state index in [9.17, 15) is 4.79 Å². The molecule has 4 aromatic rings. The Kier molecular flexibility index (Phi) is 3.47. The van der Waals surface area contributed by atoms with Gasteiger partial charge in [-0.1, -0.05) is 34.9 Å². The van der Waals surface area contributed by atoms with Crippen LogP contribution in [0.15, 0.2) is 57.4 Å². The summed E-state index contributed by atoms with van der Waals surface area (Å²) in [5.74, 6) is -0.420. The van der Waals surface area contributed by atoms with E-state index in [-0.39, 0.29) is 17.8 Å². The highest BCUT2D eigenvalue weighted by Crippen LogP contribution is 2.23. The molecule has 118 valence electrons. The summed E-state index contributed by atoms with van der Waals surface area (Å²) in [6, 6.07) is 14.0. The highest BCUT2D eigenvalue weighted by Gasteiger charge is 2.17. The minimum atomic E-state index is -0.576. The zero-order valence-corrected chi connectivity index (χ0v) is 12.8. The summed E-state index contributed by atoms with van der Waals surface area (Å²) in [6.07, 6.45) is 0. The van der Waals surface area contributed by atoms with Gasteiger partial charge in [0.15, 0.2) is 5.58 Å². The second-order valence-electron chi connectivity index (χ2n) is 4.86. The van der Waals surface area contributed by atoms with Gasteiger partial charge in [0, 0.05) is 10.6 Å². The summed E-state index contributed by atoms with van der Waals surface area (Å²) in [4.78, 5) is 16.3. The third-order valence-electron chi connectivity index (χ3n) is 3.21. The molecular weight excluding hydrogens is 332 g/mol. The Bertz CT molecular complexity index is 1010. The minimum Gasteiger partial charge on any atom is -0.432 e. The number of fused-ring (bicyclic) bond motifs is 1. The van der Waals surface area contributed by atoms with Gasteiger partial charge in [0.2, 0.25) is 5.89 Å². The molecule has 8 heteroatoms. The molecule has 0 fully saturated rings. The monoisotopic (exact) mass is 340 g/mol. The zero-order valence-electron chi connectivity index (χ0n) is 12.1. The number of halogens is 1. The Hall–Kier alpha value is -3.19. The van der Waals surface area contributed by atoms with Crippen LogP contribution in [0.3, 0.4) is 0 Å². The largest absolute Gasteiger partial charge is 0.432 e. The lowest BCUT2D eigenvalue weighted by Gasteiger charge is -1.96. The maximum absolute atomic E-state index is 12.2. The number of benzene rings is 2. The third-order valence-corrected chi connectivity index (χ3v) is 3.44. The number of nitrogens with one attached hydrogen (secondary N) is 1. The molecule has 4 rings (SSSR count). The van der Waals surface area contributed by atoms with Crippen LogP contribution in [0.4, 0.5) is 6.01 Å². The predicted molar refractivity (Wildman–Crippen MR) is 86.7 cm³/mol. The number of hydrogen-bond donors (Lipinski definition) is 1. The molecule has 7 nitrogen and oxygen atoms in total. The molecule has 0 aliphatic rings. The predicted octanol–water partition coefficient (Wildman–Crippen LogP) is 3.78. The van der Waals surface area contributed by atoms with E-state index in [1.807, 2.05) is 6.07 Å². The minimum absolute atomic E-state index is 0.0581. The van der Waals surface area contributed by atoms with Crippen molar-refractivity contribution in [3.8, 4) is 11.5 Å². The van der Waals surface area contributed by atoms with Crippen molar-refractivity contribution in [2.24, 2.45) is 0 Å². The van der Waals surface area contributed by atoms with E-state index in [1.54, 1.807) is 42.5 Å². The van der Waals surface area contributed by atoms with Crippen LogP contribution < -0.4 is 5.32 Å². The van der Waals surface area contributed by atoms with Crippen molar-refractivity contribution in [1.82, 2.24) is 15.2 Å². The molecule has 0 bridgehead atoms. The van der Waals surface area contributed by atoms with Crippen LogP contribution in [0.2, 0.25) is 5.02 Å². The summed E-state index contributed by atoms with van der Waals surface area (Å²) < 4.78 is 10.8. The molecule has 1 amide bonds. The molecule has 0 saturated heterocycles. The topological polar surface area (TPSA) is 94.1 Å². The summed E-state index contributed by atoms with van der Waals surface area (Å²) in [5, 5.41) is 10.7. The maximum Gasteiger partial charge on any atom is 0.322 e. The van der Waals surface area contributed by atoms with Crippen LogP contribution in [0.1, 0.15) is 10.7 Å². The highest BCUT2D eigenvalue weighted by molar-refractivity contribution is 6.30. The molecule has 2 aromatic heterocycles. The number of aromatic nitrogens is 3. The van der Waals surface area contributed by atoms with E-state index in [2.05, 4.69) is 20.5 Å². The number of para-hydroxylation sites is 2. The second-order valence-corrected chi connectivity index (χ2v) is 5.30. The first-order valence-corrected chi connectivity index (χ1v) is 7.33. The van der Waals surface area contributed by atoms with Crippen LogP contribution in [0.5, 0.6) is 0 Å². The van der Waals surface area contributed by atoms with Gasteiger partial charge in [0.1, 0.15) is 5.52 Å². The number of oxazole rings is 1. The van der Waals surface area contributed by atoms with Crippen LogP contribution in [-0.2, 0) is 0 Å². The van der Waals surface area contributed by atoms with Crippen molar-refractivity contribution in [2.75, 3.05) is 5.32 Å². The van der Waals surface area contributed by atoms with Crippen LogP contribution in [0.25, 0.3) is 22.6 Å². The molecule has 0 aliphatic carbocycles. The normalized spacial score (nSPS) is 10.9. The van der Waals surface area contributed by atoms with E-state index in [4.69, 9.17) is 20.4 Å². The Morgan fingerprint density at radius 1 is 1.04 bits per heavy atom. The van der Waals surface area contributed by atoms with Gasteiger partial charge in [-0.3, -0.25) is 10.1 Å². The van der Waals surface area contributed by atoms with Crippen molar-refractivity contribution in [1.29, 1.82) is 0 Å². The van der Waals surface area contributed by atoms with Gasteiger partial charge in [0.25, 0.3) is 5.89 Å². The SMILES string of the molecule is O=C(Nc1nnc(-c2cccc(Cl)c2)o1)c1nc2ccccc2o1. The number of hydrogen-bond acceptors (Lipinski definition) is 6. The first-order chi connectivity index (χ1) is 11.7. The number of carbonyl (C=O) groups is 1. The van der Waals surface area contributed by atoms with Crippen molar-refractivity contribution in [3.63, 3.8) is 0 Å². The Labute approximate surface area is 140 Å². The smallest absolute Gasteiger partial charge is 0.322 e. The fraction of sp³-hybridized carbons (Fsp3) is 0. The molecule has 1 N–H and O–H groups in total. The van der Waals surface area contributed by atoms with Crippen LogP contribution in [-0.4, -0.2) is 21.1 Å². The third kappa shape index (κ3) is 2.72. The van der Waals surface area contributed by atoms with E-state index < -0.39 is 5.91 Å². The van der Waals surface area contributed by atoms with Gasteiger partial charge in [-0.2, -0.15) is 0 Å². The lowest BCUT2D eigenvalue weighted by atomic mass is 10.2. The molecular formula is C16H9ClN4O3. The molecule has 0 atom stereocenters. The molecule has 0 radical (unpaired) electrons. The molecule has 2 heterocycles. The highest BCUT2D eigenvalue weighted by atomic mass is 35.5. The van der Waals surface area contributed by atoms with Crippen LogP contribution in [0, 0.1) is 0 Å². The zero-order chi connectivity index (χ0) is 16.5. The Morgan fingerprint density at radius 3 is 2.75 bits per heavy atom. The van der Waals surface area contributed by atoms with E-state index >= 15 is 0 Å². The molecule has 0 spiro atoms. The van der Waals surface area contributed by atoms with Gasteiger partial charge < -0.3 is 8.83 Å². The molecule has 2 aromatic carbocycles. The number of carbonyl (C=O) groups excluding carboxylic acids is 1. The van der Waals surface area contributed by atoms with Gasteiger partial charge in [0.05, 0.1) is 0 Å². The van der Waals surface area contributed by atoms with Crippen molar-refractivity contribution < 1.29 is 13.6 Å². The number of anilines is 1. The summed E-state index contributed by atoms with van der Waals surface area (Å²) in [7, 11) is 0. The van der Waals surface area contributed by atoms with Gasteiger partial charge in [-0.05, 0) is 30.3 Å². The van der Waals surface area contributed by atoms with Crippen LogP contribution >= 0.6 is 11.6 Å². The molecule has 0 aliphatic heterocycles. The van der Waals surface area contributed by atoms with Crippen molar-refractivity contribution >= 4 is 34.6 Å². The van der Waals surface area contributed by atoms with Gasteiger partial charge in [-0.15, -0.1) is 5.10 Å². The molecule has 24 heavy (non-hydrogen) atoms. The van der Waals surface area contributed by atoms with E-state index in [1.165, 1.54) is 0 Å². The van der Waals surface area contributed by atoms with Gasteiger partial charge >= 0.3 is 11.9 Å². The standard InChI is InChI=1S/C16H9ClN4O3/c17-10-5-3-4-9(8-10)14-20-21-16(24-14)19-13(22)15-18-11-6-1-2-7-12(11)23-15/h1-8H,(H,19,21,22). The number of amides is 1. The first kappa shape index (κ1) is 14.4. The number of nitrogens with zero attached hydrogens (tertiary/aromatic N) is 3. The lowest BCUT2D eigenvalue weighted by Crippen LogP contribution is -2.12. The Balaban J connectivity index is 1.56. The van der Waals surface area contributed by atoms with Crippen molar-refractivity contribution in [2.45, 2.75) is 0 Å². The molecule has 0 saturated carbocycles. The quantitative estimate of drug-likeness (QED) is 0.610. The Morgan fingerprint density at radius 2 is 1.92 bits per heavy atom. The fourth-order valence-corrected chi connectivity index (χ4v) is 2.32. The average Bonchev–Trinajstić information content (AvgIpc) is 3.21.